The summed E-state index contributed by atoms with van der Waals surface area (Å²) in [6, 6.07) is 3.88. The second-order valence-electron chi connectivity index (χ2n) is 7.36. The Hall–Kier alpha value is -1.75. The molecule has 124 valence electrons. The summed E-state index contributed by atoms with van der Waals surface area (Å²) in [6.07, 6.45) is 4.23. The molecule has 4 rings (SSSR count). The van der Waals surface area contributed by atoms with Crippen LogP contribution in [0.1, 0.15) is 43.7 Å². The maximum Gasteiger partial charge on any atom is 0.236 e. The smallest absolute Gasteiger partial charge is 0.236 e. The number of carbonyl (C=O) groups excluding carboxylic acids is 1. The van der Waals surface area contributed by atoms with E-state index in [9.17, 15) is 4.79 Å². The molecule has 3 aliphatic rings. The molecule has 1 spiro atoms. The van der Waals surface area contributed by atoms with Crippen LogP contribution in [0, 0.1) is 6.92 Å². The molecule has 5 heteroatoms. The highest BCUT2D eigenvalue weighted by molar-refractivity contribution is 5.81. The van der Waals surface area contributed by atoms with E-state index in [4.69, 9.17) is 15.2 Å². The lowest BCUT2D eigenvalue weighted by atomic mass is 9.88. The number of carbonyl (C=O) groups is 1. The van der Waals surface area contributed by atoms with E-state index < -0.39 is 6.04 Å². The van der Waals surface area contributed by atoms with Gasteiger partial charge in [-0.15, -0.1) is 0 Å². The number of amides is 1. The monoisotopic (exact) mass is 316 g/mol. The first-order chi connectivity index (χ1) is 11.0. The summed E-state index contributed by atoms with van der Waals surface area (Å²) < 4.78 is 12.2. The maximum absolute atomic E-state index is 11.6. The van der Waals surface area contributed by atoms with Crippen LogP contribution in [-0.4, -0.2) is 30.7 Å². The summed E-state index contributed by atoms with van der Waals surface area (Å²) in [6.45, 7) is 4.58. The second kappa shape index (κ2) is 5.13. The molecule has 5 nitrogen and oxygen atoms in total. The maximum atomic E-state index is 11.6. The van der Waals surface area contributed by atoms with Crippen LogP contribution in [0.2, 0.25) is 0 Å². The molecule has 3 N–H and O–H groups in total. The lowest BCUT2D eigenvalue weighted by Crippen LogP contribution is -2.52. The van der Waals surface area contributed by atoms with Gasteiger partial charge in [0.15, 0.2) is 0 Å². The molecule has 2 fully saturated rings. The number of aryl methyl sites for hydroxylation is 1. The fourth-order valence-electron chi connectivity index (χ4n) is 3.57. The van der Waals surface area contributed by atoms with Crippen molar-refractivity contribution in [1.29, 1.82) is 0 Å². The van der Waals surface area contributed by atoms with Crippen LogP contribution in [0.15, 0.2) is 12.1 Å². The number of fused-ring (bicyclic) bond motifs is 2. The van der Waals surface area contributed by atoms with E-state index in [0.717, 1.165) is 30.9 Å². The van der Waals surface area contributed by atoms with E-state index in [-0.39, 0.29) is 23.5 Å². The van der Waals surface area contributed by atoms with Gasteiger partial charge < -0.3 is 20.5 Å². The van der Waals surface area contributed by atoms with E-state index in [1.165, 1.54) is 24.0 Å². The Morgan fingerprint density at radius 2 is 2.17 bits per heavy atom. The summed E-state index contributed by atoms with van der Waals surface area (Å²) in [4.78, 5) is 11.6. The molecule has 2 saturated carbocycles. The van der Waals surface area contributed by atoms with Crippen molar-refractivity contribution in [2.24, 2.45) is 5.73 Å². The topological polar surface area (TPSA) is 73.6 Å². The number of rotatable bonds is 4. The van der Waals surface area contributed by atoms with E-state index in [2.05, 4.69) is 24.4 Å². The van der Waals surface area contributed by atoms with Crippen LogP contribution in [0.25, 0.3) is 0 Å². The summed E-state index contributed by atoms with van der Waals surface area (Å²) in [7, 11) is 0. The Morgan fingerprint density at radius 1 is 1.43 bits per heavy atom. The highest BCUT2D eigenvalue weighted by atomic mass is 16.5. The van der Waals surface area contributed by atoms with E-state index in [1.54, 1.807) is 6.92 Å². The zero-order valence-electron chi connectivity index (χ0n) is 13.7. The summed E-state index contributed by atoms with van der Waals surface area (Å²) >= 11 is 0. The minimum atomic E-state index is -0.456. The Kier molecular flexibility index (Phi) is 3.30. The van der Waals surface area contributed by atoms with Crippen molar-refractivity contribution >= 4 is 5.91 Å². The first-order valence-corrected chi connectivity index (χ1v) is 8.48. The van der Waals surface area contributed by atoms with Gasteiger partial charge in [0.1, 0.15) is 17.6 Å². The standard InChI is InChI=1S/C18H24N2O3/c1-10-3-4-14(15-16(10)22-9-18(15)5-6-18)23-13-7-12(8-13)20-17(21)11(2)19/h3-4,11-13H,5-9,19H2,1-2H3,(H,20,21)/t11-,12-,13-/m1/s1. The number of benzene rings is 1. The summed E-state index contributed by atoms with van der Waals surface area (Å²) in [5.74, 6) is 1.92. The Labute approximate surface area is 136 Å². The van der Waals surface area contributed by atoms with Crippen molar-refractivity contribution in [2.75, 3.05) is 6.61 Å². The Bertz CT molecular complexity index is 646. The molecule has 0 radical (unpaired) electrons. The molecule has 23 heavy (non-hydrogen) atoms. The molecule has 2 aliphatic carbocycles. The second-order valence-corrected chi connectivity index (χ2v) is 7.36. The zero-order chi connectivity index (χ0) is 16.2. The average molecular weight is 316 g/mol. The van der Waals surface area contributed by atoms with Gasteiger partial charge in [-0.3, -0.25) is 4.79 Å². The van der Waals surface area contributed by atoms with Gasteiger partial charge in [0.25, 0.3) is 0 Å². The van der Waals surface area contributed by atoms with Gasteiger partial charge in [-0.05, 0) is 38.3 Å². The third kappa shape index (κ3) is 2.47. The van der Waals surface area contributed by atoms with E-state index in [0.29, 0.717) is 0 Å². The minimum Gasteiger partial charge on any atom is -0.492 e. The van der Waals surface area contributed by atoms with Crippen LogP contribution in [0.3, 0.4) is 0 Å². The lowest BCUT2D eigenvalue weighted by molar-refractivity contribution is -0.123. The quantitative estimate of drug-likeness (QED) is 0.888. The van der Waals surface area contributed by atoms with Gasteiger partial charge in [-0.25, -0.2) is 0 Å². The molecule has 1 amide bonds. The third-order valence-corrected chi connectivity index (χ3v) is 5.34. The number of ether oxygens (including phenoxy) is 2. The molecular formula is C18H24N2O3. The highest BCUT2D eigenvalue weighted by Gasteiger charge is 2.53. The molecule has 0 bridgehead atoms. The first kappa shape index (κ1) is 14.8. The normalized spacial score (nSPS) is 27.6. The number of hydrogen-bond donors (Lipinski definition) is 2. The van der Waals surface area contributed by atoms with Crippen molar-refractivity contribution < 1.29 is 14.3 Å². The number of nitrogens with two attached hydrogens (primary N) is 1. The molecule has 1 aliphatic heterocycles. The van der Waals surface area contributed by atoms with Gasteiger partial charge >= 0.3 is 0 Å². The largest absolute Gasteiger partial charge is 0.492 e. The van der Waals surface area contributed by atoms with Crippen molar-refractivity contribution in [3.63, 3.8) is 0 Å². The van der Waals surface area contributed by atoms with Gasteiger partial charge in [-0.1, -0.05) is 6.07 Å². The highest BCUT2D eigenvalue weighted by Crippen LogP contribution is 2.59. The molecule has 1 heterocycles. The summed E-state index contributed by atoms with van der Waals surface area (Å²) in [5, 5.41) is 2.95. The van der Waals surface area contributed by atoms with E-state index in [1.807, 2.05) is 0 Å². The molecular weight excluding hydrogens is 292 g/mol. The molecule has 1 atom stereocenters. The van der Waals surface area contributed by atoms with Gasteiger partial charge in [0.05, 0.1) is 12.6 Å². The van der Waals surface area contributed by atoms with Crippen LogP contribution in [-0.2, 0) is 10.2 Å². The fraction of sp³-hybridized carbons (Fsp3) is 0.611. The SMILES string of the molecule is Cc1ccc(O[C@H]2C[C@H](NC(=O)[C@@H](C)N)C2)c2c1OCC21CC1. The molecule has 0 unspecified atom stereocenters. The predicted octanol–water partition coefficient (Wildman–Crippen LogP) is 1.79. The number of nitrogens with one attached hydrogen (secondary N) is 1. The summed E-state index contributed by atoms with van der Waals surface area (Å²) in [5.41, 5.74) is 8.25. The van der Waals surface area contributed by atoms with Crippen molar-refractivity contribution in [3.8, 4) is 11.5 Å². The van der Waals surface area contributed by atoms with Crippen LogP contribution >= 0.6 is 0 Å². The van der Waals surface area contributed by atoms with Crippen LogP contribution in [0.4, 0.5) is 0 Å². The third-order valence-electron chi connectivity index (χ3n) is 5.34. The lowest BCUT2D eigenvalue weighted by Gasteiger charge is -2.36. The molecule has 1 aromatic rings. The fourth-order valence-corrected chi connectivity index (χ4v) is 3.57. The number of hydrogen-bond acceptors (Lipinski definition) is 4. The average Bonchev–Trinajstić information content (AvgIpc) is 3.14. The van der Waals surface area contributed by atoms with E-state index >= 15 is 0 Å². The Morgan fingerprint density at radius 3 is 2.83 bits per heavy atom. The first-order valence-electron chi connectivity index (χ1n) is 8.48. The predicted molar refractivity (Wildman–Crippen MR) is 86.8 cm³/mol. The molecule has 1 aromatic carbocycles. The van der Waals surface area contributed by atoms with Crippen molar-refractivity contribution in [1.82, 2.24) is 5.32 Å². The Balaban J connectivity index is 1.42. The minimum absolute atomic E-state index is 0.0880. The molecule has 0 aromatic heterocycles. The zero-order valence-corrected chi connectivity index (χ0v) is 13.7. The van der Waals surface area contributed by atoms with Crippen molar-refractivity contribution in [3.05, 3.63) is 23.3 Å². The van der Waals surface area contributed by atoms with Gasteiger partial charge in [0.2, 0.25) is 5.91 Å². The van der Waals surface area contributed by atoms with Crippen LogP contribution < -0.4 is 20.5 Å². The van der Waals surface area contributed by atoms with Crippen LogP contribution in [0.5, 0.6) is 11.5 Å². The van der Waals surface area contributed by atoms with Gasteiger partial charge in [-0.2, -0.15) is 0 Å². The molecule has 0 saturated heterocycles. The van der Waals surface area contributed by atoms with Crippen molar-refractivity contribution in [2.45, 2.75) is 63.1 Å². The van der Waals surface area contributed by atoms with Gasteiger partial charge in [0, 0.05) is 29.9 Å².